The van der Waals surface area contributed by atoms with Gasteiger partial charge in [-0.2, -0.15) is 13.9 Å². The molecule has 0 bridgehead atoms. The van der Waals surface area contributed by atoms with Gasteiger partial charge >= 0.3 is 5.97 Å². The molecule has 6 nitrogen and oxygen atoms in total. The first kappa shape index (κ1) is 26.1. The molecule has 0 aliphatic carbocycles. The highest BCUT2D eigenvalue weighted by Gasteiger charge is 2.12. The lowest BCUT2D eigenvalue weighted by Gasteiger charge is -2.06. The Labute approximate surface area is 220 Å². The molecule has 1 N–H and O–H groups in total. The van der Waals surface area contributed by atoms with E-state index in [9.17, 15) is 18.4 Å². The fourth-order valence-corrected chi connectivity index (χ4v) is 3.94. The zero-order chi connectivity index (χ0) is 26.2. The van der Waals surface area contributed by atoms with E-state index in [2.05, 4.69) is 10.4 Å². The first-order chi connectivity index (χ1) is 17.9. The van der Waals surface area contributed by atoms with Crippen LogP contribution in [0.25, 0.3) is 23.0 Å². The summed E-state index contributed by atoms with van der Waals surface area (Å²) in [7, 11) is 0. The molecule has 0 spiro atoms. The molecule has 10 heteroatoms. The van der Waals surface area contributed by atoms with Gasteiger partial charge < -0.3 is 10.1 Å². The normalized spacial score (nSPS) is 11.1. The molecule has 0 saturated heterocycles. The molecule has 0 aliphatic heterocycles. The van der Waals surface area contributed by atoms with Crippen molar-refractivity contribution in [2.75, 3.05) is 11.9 Å². The first-order valence-electron chi connectivity index (χ1n) is 11.0. The Morgan fingerprint density at radius 1 is 1.03 bits per heavy atom. The average molecular weight is 540 g/mol. The van der Waals surface area contributed by atoms with E-state index in [0.717, 1.165) is 11.3 Å². The van der Waals surface area contributed by atoms with Crippen LogP contribution >= 0.6 is 23.4 Å². The predicted molar refractivity (Wildman–Crippen MR) is 141 cm³/mol. The number of halogens is 3. The summed E-state index contributed by atoms with van der Waals surface area (Å²) in [5.41, 5.74) is 3.35. The number of esters is 1. The maximum absolute atomic E-state index is 12.4. The number of hydrogen-bond acceptors (Lipinski definition) is 5. The van der Waals surface area contributed by atoms with Crippen LogP contribution in [0.15, 0.2) is 96.0 Å². The van der Waals surface area contributed by atoms with Crippen molar-refractivity contribution < 1.29 is 23.1 Å². The number of amides is 1. The van der Waals surface area contributed by atoms with Gasteiger partial charge in [0.2, 0.25) is 0 Å². The van der Waals surface area contributed by atoms with E-state index >= 15 is 0 Å². The first-order valence-corrected chi connectivity index (χ1v) is 12.2. The highest BCUT2D eigenvalue weighted by molar-refractivity contribution is 7.99. The molecule has 1 heterocycles. The lowest BCUT2D eigenvalue weighted by Crippen LogP contribution is -2.20. The predicted octanol–water partition coefficient (Wildman–Crippen LogP) is 6.70. The van der Waals surface area contributed by atoms with Crippen LogP contribution in [-0.4, -0.2) is 34.0 Å². The Balaban J connectivity index is 1.41. The number of nitrogens with one attached hydrogen (secondary N) is 1. The fraction of sp³-hybridized carbons (Fsp3) is 0.0741. The Bertz CT molecular complexity index is 1390. The molecule has 0 aliphatic rings. The average Bonchev–Trinajstić information content (AvgIpc) is 3.32. The third-order valence-electron chi connectivity index (χ3n) is 4.99. The molecule has 37 heavy (non-hydrogen) atoms. The number of anilines is 1. The Kier molecular flexibility index (Phi) is 8.71. The lowest BCUT2D eigenvalue weighted by molar-refractivity contribution is -0.142. The largest absolute Gasteiger partial charge is 0.452 e. The third kappa shape index (κ3) is 7.52. The maximum Gasteiger partial charge on any atom is 0.331 e. The highest BCUT2D eigenvalue weighted by atomic mass is 35.5. The molecule has 0 atom stereocenters. The van der Waals surface area contributed by atoms with Crippen molar-refractivity contribution in [1.82, 2.24) is 9.78 Å². The minimum atomic E-state index is -2.53. The number of hydrogen-bond donors (Lipinski definition) is 1. The summed E-state index contributed by atoms with van der Waals surface area (Å²) in [5, 5.41) is 7.80. The number of nitrogens with zero attached hydrogens (tertiary/aromatic N) is 2. The number of carbonyl (C=O) groups excluding carboxylic acids is 2. The van der Waals surface area contributed by atoms with Crippen molar-refractivity contribution >= 4 is 47.0 Å². The fourth-order valence-electron chi connectivity index (χ4n) is 3.31. The third-order valence-corrected chi connectivity index (χ3v) is 5.96. The second kappa shape index (κ2) is 12.3. The van der Waals surface area contributed by atoms with Crippen molar-refractivity contribution in [3.05, 3.63) is 102 Å². The quantitative estimate of drug-likeness (QED) is 0.145. The summed E-state index contributed by atoms with van der Waals surface area (Å²) >= 11 is 6.43. The van der Waals surface area contributed by atoms with Crippen LogP contribution in [0, 0.1) is 0 Å². The van der Waals surface area contributed by atoms with E-state index in [4.69, 9.17) is 16.3 Å². The van der Waals surface area contributed by atoms with Crippen molar-refractivity contribution in [2.24, 2.45) is 0 Å². The van der Waals surface area contributed by atoms with E-state index in [1.165, 1.54) is 30.3 Å². The number of benzene rings is 3. The minimum Gasteiger partial charge on any atom is -0.452 e. The van der Waals surface area contributed by atoms with Crippen LogP contribution < -0.4 is 5.32 Å². The number of alkyl halides is 2. The Morgan fingerprint density at radius 3 is 2.41 bits per heavy atom. The summed E-state index contributed by atoms with van der Waals surface area (Å²) in [5.74, 6) is -3.80. The molecule has 4 rings (SSSR count). The Morgan fingerprint density at radius 2 is 1.73 bits per heavy atom. The van der Waals surface area contributed by atoms with Crippen molar-refractivity contribution in [3.63, 3.8) is 0 Å². The van der Waals surface area contributed by atoms with Gasteiger partial charge in [0.05, 0.1) is 11.4 Å². The van der Waals surface area contributed by atoms with Crippen molar-refractivity contribution in [1.29, 1.82) is 0 Å². The maximum atomic E-state index is 12.4. The summed E-state index contributed by atoms with van der Waals surface area (Å²) in [6, 6.07) is 22.6. The van der Waals surface area contributed by atoms with Crippen LogP contribution in [-0.2, 0) is 14.3 Å². The van der Waals surface area contributed by atoms with Gasteiger partial charge in [-0.3, -0.25) is 4.79 Å². The van der Waals surface area contributed by atoms with Crippen molar-refractivity contribution in [2.45, 2.75) is 10.7 Å². The number of carbonyl (C=O) groups is 2. The Hall–Kier alpha value is -3.95. The number of aromatic nitrogens is 2. The zero-order valence-electron chi connectivity index (χ0n) is 19.2. The smallest absolute Gasteiger partial charge is 0.331 e. The number of ether oxygens (including phenoxy) is 1. The van der Waals surface area contributed by atoms with Crippen LogP contribution in [0.1, 0.15) is 5.56 Å². The second-order valence-electron chi connectivity index (χ2n) is 7.61. The summed E-state index contributed by atoms with van der Waals surface area (Å²) in [6.07, 6.45) is 4.57. The molecule has 0 fully saturated rings. The summed E-state index contributed by atoms with van der Waals surface area (Å²) in [4.78, 5) is 24.8. The topological polar surface area (TPSA) is 73.2 Å². The monoisotopic (exact) mass is 539 g/mol. The van der Waals surface area contributed by atoms with Crippen LogP contribution in [0.2, 0.25) is 5.02 Å². The van der Waals surface area contributed by atoms with Gasteiger partial charge in [0.25, 0.3) is 11.7 Å². The molecule has 3 aromatic carbocycles. The van der Waals surface area contributed by atoms with Crippen LogP contribution in [0.3, 0.4) is 0 Å². The van der Waals surface area contributed by atoms with Crippen LogP contribution in [0.4, 0.5) is 14.5 Å². The molecule has 1 amide bonds. The highest BCUT2D eigenvalue weighted by Crippen LogP contribution is 2.27. The van der Waals surface area contributed by atoms with E-state index in [0.29, 0.717) is 38.6 Å². The standard InChI is InChI=1S/C27H20ClF2N3O3S/c28-20-9-6-18(7-10-20)26-19(16-33(32-26)22-4-2-1-3-5-22)8-15-25(35)36-17-24(34)31-21-11-13-23(14-12-21)37-27(29)30/h1-16,27H,17H2,(H,31,34)/b15-8+. The SMILES string of the molecule is O=C(COC(=O)/C=C/c1cn(-c2ccccc2)nc1-c1ccc(Cl)cc1)Nc1ccc(SC(F)F)cc1. The second-order valence-corrected chi connectivity index (χ2v) is 9.11. The minimum absolute atomic E-state index is 0.373. The van der Waals surface area contributed by atoms with Gasteiger partial charge in [-0.25, -0.2) is 9.48 Å². The summed E-state index contributed by atoms with van der Waals surface area (Å²) in [6.45, 7) is -0.510. The van der Waals surface area contributed by atoms with E-state index in [1.54, 1.807) is 29.1 Å². The zero-order valence-corrected chi connectivity index (χ0v) is 20.8. The summed E-state index contributed by atoms with van der Waals surface area (Å²) < 4.78 is 31.6. The molecular formula is C27H20ClF2N3O3S. The molecule has 188 valence electrons. The van der Waals surface area contributed by atoms with Crippen LogP contribution in [0.5, 0.6) is 0 Å². The molecule has 1 aromatic heterocycles. The lowest BCUT2D eigenvalue weighted by atomic mass is 10.1. The molecule has 0 saturated carbocycles. The van der Waals surface area contributed by atoms with E-state index in [1.807, 2.05) is 42.5 Å². The van der Waals surface area contributed by atoms with Gasteiger partial charge in [0.1, 0.15) is 0 Å². The molecule has 4 aromatic rings. The molecular weight excluding hydrogens is 520 g/mol. The van der Waals surface area contributed by atoms with Gasteiger partial charge in [0.15, 0.2) is 6.61 Å². The van der Waals surface area contributed by atoms with Gasteiger partial charge in [-0.1, -0.05) is 53.7 Å². The molecule has 0 radical (unpaired) electrons. The number of rotatable bonds is 9. The van der Waals surface area contributed by atoms with Gasteiger partial charge in [-0.05, 0) is 54.6 Å². The van der Waals surface area contributed by atoms with E-state index in [-0.39, 0.29) is 0 Å². The number of thioether (sulfide) groups is 1. The molecule has 0 unspecified atom stereocenters. The van der Waals surface area contributed by atoms with Crippen molar-refractivity contribution in [3.8, 4) is 16.9 Å². The van der Waals surface area contributed by atoms with E-state index < -0.39 is 24.2 Å². The number of para-hydroxylation sites is 1. The van der Waals surface area contributed by atoms with Gasteiger partial charge in [-0.15, -0.1) is 0 Å². The van der Waals surface area contributed by atoms with Gasteiger partial charge in [0, 0.05) is 39.0 Å².